The minimum atomic E-state index is -0.328. The van der Waals surface area contributed by atoms with Crippen LogP contribution in [0.2, 0.25) is 0 Å². The number of methoxy groups -OCH3 is 2. The van der Waals surface area contributed by atoms with Gasteiger partial charge in [0.2, 0.25) is 5.88 Å². The summed E-state index contributed by atoms with van der Waals surface area (Å²) in [5.74, 6) is 0.755. The number of benzene rings is 2. The fraction of sp³-hybridized carbons (Fsp3) is 0.158. The summed E-state index contributed by atoms with van der Waals surface area (Å²) >= 11 is 0. The van der Waals surface area contributed by atoms with Gasteiger partial charge in [0, 0.05) is 18.6 Å². The van der Waals surface area contributed by atoms with Crippen molar-refractivity contribution in [1.29, 1.82) is 0 Å². The summed E-state index contributed by atoms with van der Waals surface area (Å²) in [4.78, 5) is 16.9. The monoisotopic (exact) mass is 338 g/mol. The van der Waals surface area contributed by atoms with E-state index in [1.165, 1.54) is 25.8 Å². The average molecular weight is 338 g/mol. The molecular weight excluding hydrogens is 320 g/mol. The highest BCUT2D eigenvalue weighted by molar-refractivity contribution is 6.03. The van der Waals surface area contributed by atoms with Crippen molar-refractivity contribution in [2.45, 2.75) is 0 Å². The Balaban J connectivity index is 2.30. The van der Waals surface area contributed by atoms with E-state index in [4.69, 9.17) is 9.47 Å². The lowest BCUT2D eigenvalue weighted by atomic mass is 10.1. The van der Waals surface area contributed by atoms with Crippen molar-refractivity contribution in [3.8, 4) is 17.4 Å². The normalized spacial score (nSPS) is 11.2. The second kappa shape index (κ2) is 6.68. The largest absolute Gasteiger partial charge is 0.494 e. The van der Waals surface area contributed by atoms with Crippen molar-refractivity contribution in [3.63, 3.8) is 0 Å². The minimum Gasteiger partial charge on any atom is -0.494 e. The van der Waals surface area contributed by atoms with Crippen LogP contribution < -0.4 is 15.0 Å². The van der Waals surface area contributed by atoms with Crippen LogP contribution in [0.15, 0.2) is 52.3 Å². The van der Waals surface area contributed by atoms with Crippen LogP contribution in [0.25, 0.3) is 10.8 Å². The maximum Gasteiger partial charge on any atom is 0.261 e. The zero-order valence-corrected chi connectivity index (χ0v) is 14.2. The number of aromatic nitrogens is 1. The molecule has 1 aromatic heterocycles. The highest BCUT2D eigenvalue weighted by atomic mass is 16.5. The molecule has 1 N–H and O–H groups in total. The smallest absolute Gasteiger partial charge is 0.261 e. The van der Waals surface area contributed by atoms with Crippen LogP contribution in [0.5, 0.6) is 17.4 Å². The van der Waals surface area contributed by atoms with Crippen molar-refractivity contribution in [2.24, 2.45) is 12.0 Å². The Morgan fingerprint density at radius 2 is 1.64 bits per heavy atom. The first-order valence-corrected chi connectivity index (χ1v) is 7.63. The second-order valence-corrected chi connectivity index (χ2v) is 5.45. The van der Waals surface area contributed by atoms with Crippen molar-refractivity contribution in [1.82, 2.24) is 4.57 Å². The highest BCUT2D eigenvalue weighted by Gasteiger charge is 2.16. The highest BCUT2D eigenvalue weighted by Crippen LogP contribution is 2.34. The predicted octanol–water partition coefficient (Wildman–Crippen LogP) is 3.01. The standard InChI is InChI=1S/C19H18N2O4/c1-21-18(22)14-10-17(25-3)16(24-2)9-13(14)15(19(21)23)11-20-12-7-5-4-6-8-12/h4-11,23H,1-3H3. The zero-order chi connectivity index (χ0) is 18.0. The molecule has 3 rings (SSSR count). The van der Waals surface area contributed by atoms with E-state index >= 15 is 0 Å². The van der Waals surface area contributed by atoms with E-state index in [9.17, 15) is 9.90 Å². The Hall–Kier alpha value is -3.28. The van der Waals surface area contributed by atoms with Crippen LogP contribution in [-0.4, -0.2) is 30.1 Å². The van der Waals surface area contributed by atoms with E-state index in [1.807, 2.05) is 30.3 Å². The summed E-state index contributed by atoms with van der Waals surface area (Å²) in [5, 5.41) is 11.4. The molecule has 0 bridgehead atoms. The number of hydrogen-bond donors (Lipinski definition) is 1. The molecule has 0 amide bonds. The number of pyridine rings is 1. The van der Waals surface area contributed by atoms with E-state index in [0.29, 0.717) is 27.8 Å². The predicted molar refractivity (Wildman–Crippen MR) is 97.7 cm³/mol. The van der Waals surface area contributed by atoms with Crippen molar-refractivity contribution < 1.29 is 14.6 Å². The lowest BCUT2D eigenvalue weighted by Crippen LogP contribution is -2.18. The summed E-state index contributed by atoms with van der Waals surface area (Å²) in [5.41, 5.74) is 0.844. The van der Waals surface area contributed by atoms with Crippen molar-refractivity contribution in [3.05, 3.63) is 58.4 Å². The van der Waals surface area contributed by atoms with E-state index in [0.717, 1.165) is 5.69 Å². The van der Waals surface area contributed by atoms with Gasteiger partial charge in [0.25, 0.3) is 5.56 Å². The van der Waals surface area contributed by atoms with Gasteiger partial charge in [-0.15, -0.1) is 0 Å². The Morgan fingerprint density at radius 1 is 1.04 bits per heavy atom. The van der Waals surface area contributed by atoms with Crippen LogP contribution in [0, 0.1) is 0 Å². The minimum absolute atomic E-state index is 0.163. The number of fused-ring (bicyclic) bond motifs is 1. The van der Waals surface area contributed by atoms with E-state index in [-0.39, 0.29) is 11.4 Å². The van der Waals surface area contributed by atoms with Gasteiger partial charge in [0.05, 0.1) is 30.9 Å². The molecule has 0 spiro atoms. The maximum atomic E-state index is 12.5. The quantitative estimate of drug-likeness (QED) is 0.742. The van der Waals surface area contributed by atoms with Crippen LogP contribution in [0.4, 0.5) is 5.69 Å². The van der Waals surface area contributed by atoms with Crippen molar-refractivity contribution in [2.75, 3.05) is 14.2 Å². The summed E-state index contributed by atoms with van der Waals surface area (Å²) in [6, 6.07) is 12.6. The maximum absolute atomic E-state index is 12.5. The lowest BCUT2D eigenvalue weighted by molar-refractivity contribution is 0.355. The first-order valence-electron chi connectivity index (χ1n) is 7.63. The van der Waals surface area contributed by atoms with Gasteiger partial charge in [-0.3, -0.25) is 14.4 Å². The first kappa shape index (κ1) is 16.6. The number of aromatic hydroxyl groups is 1. The number of para-hydroxylation sites is 1. The third-order valence-corrected chi connectivity index (χ3v) is 4.01. The van der Waals surface area contributed by atoms with Crippen LogP contribution in [0.1, 0.15) is 5.56 Å². The van der Waals surface area contributed by atoms with Gasteiger partial charge < -0.3 is 14.6 Å². The Labute approximate surface area is 144 Å². The number of hydrogen-bond acceptors (Lipinski definition) is 5. The van der Waals surface area contributed by atoms with Gasteiger partial charge in [0.1, 0.15) is 0 Å². The zero-order valence-electron chi connectivity index (χ0n) is 14.2. The summed E-state index contributed by atoms with van der Waals surface area (Å²) in [6.07, 6.45) is 1.54. The van der Waals surface area contributed by atoms with Crippen LogP contribution >= 0.6 is 0 Å². The van der Waals surface area contributed by atoms with E-state index in [2.05, 4.69) is 4.99 Å². The molecule has 1 heterocycles. The van der Waals surface area contributed by atoms with Gasteiger partial charge in [-0.2, -0.15) is 0 Å². The molecule has 0 aliphatic heterocycles. The van der Waals surface area contributed by atoms with Crippen LogP contribution in [-0.2, 0) is 7.05 Å². The molecule has 0 saturated carbocycles. The molecule has 0 radical (unpaired) electrons. The average Bonchev–Trinajstić information content (AvgIpc) is 2.66. The van der Waals surface area contributed by atoms with Crippen LogP contribution in [0.3, 0.4) is 0 Å². The first-order chi connectivity index (χ1) is 12.1. The number of nitrogens with zero attached hydrogens (tertiary/aromatic N) is 2. The Kier molecular flexibility index (Phi) is 4.43. The fourth-order valence-electron chi connectivity index (χ4n) is 2.64. The molecule has 6 heteroatoms. The fourth-order valence-corrected chi connectivity index (χ4v) is 2.64. The molecule has 0 aliphatic rings. The SMILES string of the molecule is COc1cc2c(C=Nc3ccccc3)c(O)n(C)c(=O)c2cc1OC. The number of aliphatic imine (C=N–C) groups is 1. The molecule has 2 aromatic carbocycles. The molecule has 3 aromatic rings. The second-order valence-electron chi connectivity index (χ2n) is 5.45. The third kappa shape index (κ3) is 2.94. The number of rotatable bonds is 4. The molecule has 0 atom stereocenters. The molecule has 0 fully saturated rings. The topological polar surface area (TPSA) is 73.0 Å². The summed E-state index contributed by atoms with van der Waals surface area (Å²) in [7, 11) is 4.53. The molecule has 0 saturated heterocycles. The van der Waals surface area contributed by atoms with Gasteiger partial charge in [-0.1, -0.05) is 18.2 Å². The molecule has 0 aliphatic carbocycles. The third-order valence-electron chi connectivity index (χ3n) is 4.01. The van der Waals surface area contributed by atoms with Gasteiger partial charge in [-0.25, -0.2) is 0 Å². The lowest BCUT2D eigenvalue weighted by Gasteiger charge is -2.13. The Bertz CT molecular complexity index is 1010. The Morgan fingerprint density at radius 3 is 2.24 bits per heavy atom. The van der Waals surface area contributed by atoms with E-state index in [1.54, 1.807) is 18.3 Å². The van der Waals surface area contributed by atoms with E-state index < -0.39 is 0 Å². The van der Waals surface area contributed by atoms with Crippen molar-refractivity contribution >= 4 is 22.7 Å². The summed E-state index contributed by atoms with van der Waals surface area (Å²) < 4.78 is 11.8. The molecule has 25 heavy (non-hydrogen) atoms. The molecule has 6 nitrogen and oxygen atoms in total. The molecule has 128 valence electrons. The van der Waals surface area contributed by atoms with Gasteiger partial charge >= 0.3 is 0 Å². The summed E-state index contributed by atoms with van der Waals surface area (Å²) in [6.45, 7) is 0. The van der Waals surface area contributed by atoms with Gasteiger partial charge in [-0.05, 0) is 24.3 Å². The number of ether oxygens (including phenoxy) is 2. The van der Waals surface area contributed by atoms with Gasteiger partial charge in [0.15, 0.2) is 11.5 Å². The molecule has 0 unspecified atom stereocenters. The molecular formula is C19H18N2O4.